The predicted octanol–water partition coefficient (Wildman–Crippen LogP) is 9.18. The number of nitrogens with zero attached hydrogens (tertiary/aromatic N) is 3. The fraction of sp³-hybridized carbons (Fsp3) is 0.711. The van der Waals surface area contributed by atoms with Gasteiger partial charge in [-0.15, -0.1) is 0 Å². The number of carboxylic acid groups (broad SMARTS) is 1. The molecule has 2 aromatic rings. The number of carbonyl (C=O) groups is 3. The summed E-state index contributed by atoms with van der Waals surface area (Å²) in [5.41, 5.74) is 1.78. The third-order valence-corrected chi connectivity index (χ3v) is 16.9. The van der Waals surface area contributed by atoms with Gasteiger partial charge in [0.2, 0.25) is 0 Å². The van der Waals surface area contributed by atoms with Crippen molar-refractivity contribution in [2.24, 2.45) is 57.8 Å². The molecule has 2 aromatic heterocycles. The van der Waals surface area contributed by atoms with E-state index in [-0.39, 0.29) is 57.4 Å². The van der Waals surface area contributed by atoms with E-state index in [4.69, 9.17) is 16.3 Å². The fourth-order valence-corrected chi connectivity index (χ4v) is 14.0. The van der Waals surface area contributed by atoms with Crippen molar-refractivity contribution in [2.75, 3.05) is 0 Å². The molecule has 4 saturated carbocycles. The molecule has 2 heterocycles. The van der Waals surface area contributed by atoms with Crippen molar-refractivity contribution in [1.29, 1.82) is 0 Å². The average molecular weight is 776 g/mol. The summed E-state index contributed by atoms with van der Waals surface area (Å²) in [5.74, 6) is 0.389. The molecule has 0 amide bonds. The molecule has 0 radical (unpaired) electrons. The SMILES string of the molecule is Cc1c([C@@]23CC[C@]4(C)[C@H](CC[C@@H]5[C@@]6(C)CC[C@H](OC(=O)CC(C)(C)C(=O)O)C(C)(C)[C@@H]6CC[C@]54C)C2=C(C(C)C)C(=O)C3)n(C)n(-c2ccc(Cl)cn2)c1=O. The average Bonchev–Trinajstić information content (AvgIpc) is 3.51. The van der Waals surface area contributed by atoms with Crippen LogP contribution in [0.1, 0.15) is 138 Å². The summed E-state index contributed by atoms with van der Waals surface area (Å²) in [6, 6.07) is 3.53. The third kappa shape index (κ3) is 5.54. The van der Waals surface area contributed by atoms with Gasteiger partial charge in [0.25, 0.3) is 5.56 Å². The zero-order chi connectivity index (χ0) is 40.4. The standard InChI is InChI=1S/C45H62ClN3O6/c1-25(2)35-29(50)22-45(37-26(3)38(52)49(48(37)11)33-15-12-27(46)24-47-33)21-20-43(9)28(36(35)45)13-14-31-42(8)18-17-32(55-34(51)23-40(4,5)39(53)54)41(6,7)30(42)16-19-44(31,43)10/h12,15,24-25,28,30-32H,13-14,16-23H2,1-11H3,(H,53,54)/t28-,30+,31-,32+,42+,43-,44-,45-/m1/s1. The Kier molecular flexibility index (Phi) is 9.39. The maximum Gasteiger partial charge on any atom is 0.309 e. The summed E-state index contributed by atoms with van der Waals surface area (Å²) in [6.07, 6.45) is 9.18. The molecule has 8 atom stereocenters. The van der Waals surface area contributed by atoms with Gasteiger partial charge in [-0.2, -0.15) is 4.68 Å². The van der Waals surface area contributed by atoms with Gasteiger partial charge in [0, 0.05) is 36.1 Å². The molecule has 0 bridgehead atoms. The smallest absolute Gasteiger partial charge is 0.309 e. The zero-order valence-electron chi connectivity index (χ0n) is 34.9. The molecule has 1 N–H and O–H groups in total. The number of allylic oxidation sites excluding steroid dienone is 2. The van der Waals surface area contributed by atoms with Gasteiger partial charge in [-0.1, -0.05) is 60.1 Å². The Hall–Kier alpha value is -3.20. The van der Waals surface area contributed by atoms with Gasteiger partial charge in [-0.25, -0.2) is 4.98 Å². The van der Waals surface area contributed by atoms with E-state index in [1.54, 1.807) is 36.9 Å². The summed E-state index contributed by atoms with van der Waals surface area (Å²) in [5, 5.41) is 10.1. The Morgan fingerprint density at radius 2 is 1.67 bits per heavy atom. The molecule has 9 nitrogen and oxygen atoms in total. The van der Waals surface area contributed by atoms with Gasteiger partial charge in [-0.3, -0.25) is 23.9 Å². The molecule has 10 heteroatoms. The maximum absolute atomic E-state index is 14.4. The molecule has 300 valence electrons. The summed E-state index contributed by atoms with van der Waals surface area (Å²) in [4.78, 5) is 58.0. The number of carboxylic acids is 1. The molecule has 55 heavy (non-hydrogen) atoms. The van der Waals surface area contributed by atoms with Gasteiger partial charge in [-0.05, 0) is 135 Å². The van der Waals surface area contributed by atoms with Gasteiger partial charge < -0.3 is 9.84 Å². The van der Waals surface area contributed by atoms with Crippen LogP contribution >= 0.6 is 11.6 Å². The number of ketones is 1. The first-order valence-electron chi connectivity index (χ1n) is 20.6. The first-order chi connectivity index (χ1) is 25.5. The molecule has 0 spiro atoms. The molecule has 0 aromatic carbocycles. The van der Waals surface area contributed by atoms with E-state index in [9.17, 15) is 24.3 Å². The van der Waals surface area contributed by atoms with Crippen molar-refractivity contribution in [3.8, 4) is 5.82 Å². The summed E-state index contributed by atoms with van der Waals surface area (Å²) in [7, 11) is 1.95. The summed E-state index contributed by atoms with van der Waals surface area (Å²) < 4.78 is 9.80. The monoisotopic (exact) mass is 775 g/mol. The number of pyridine rings is 1. The van der Waals surface area contributed by atoms with Crippen molar-refractivity contribution >= 4 is 29.3 Å². The number of hydrogen-bond acceptors (Lipinski definition) is 6. The Labute approximate surface area is 331 Å². The number of rotatable bonds is 7. The molecule has 7 rings (SSSR count). The number of fused-ring (bicyclic) bond motifs is 7. The van der Waals surface area contributed by atoms with Crippen LogP contribution in [-0.4, -0.2) is 43.3 Å². The molecule has 5 aliphatic carbocycles. The lowest BCUT2D eigenvalue weighted by Gasteiger charge is -2.72. The third-order valence-electron chi connectivity index (χ3n) is 16.7. The molecule has 0 unspecified atom stereocenters. The first-order valence-corrected chi connectivity index (χ1v) is 21.0. The van der Waals surface area contributed by atoms with Gasteiger partial charge in [0.05, 0.1) is 22.6 Å². The van der Waals surface area contributed by atoms with Crippen LogP contribution in [0, 0.1) is 57.7 Å². The van der Waals surface area contributed by atoms with Crippen LogP contribution in [0.3, 0.4) is 0 Å². The second kappa shape index (κ2) is 12.9. The first kappa shape index (κ1) is 40.0. The van der Waals surface area contributed by atoms with Crippen molar-refractivity contribution in [3.05, 3.63) is 56.1 Å². The molecule has 0 saturated heterocycles. The molecule has 5 aliphatic rings. The van der Waals surface area contributed by atoms with E-state index in [0.29, 0.717) is 34.7 Å². The molecular weight excluding hydrogens is 714 g/mol. The van der Waals surface area contributed by atoms with Crippen LogP contribution < -0.4 is 5.56 Å². The Bertz CT molecular complexity index is 2040. The van der Waals surface area contributed by atoms with Crippen LogP contribution in [-0.2, 0) is 31.6 Å². The lowest BCUT2D eigenvalue weighted by atomic mass is 9.33. The van der Waals surface area contributed by atoms with Crippen LogP contribution in [0.4, 0.5) is 0 Å². The van der Waals surface area contributed by atoms with Crippen LogP contribution in [0.15, 0.2) is 34.3 Å². The number of aromatic nitrogens is 3. The van der Waals surface area contributed by atoms with Crippen LogP contribution in [0.2, 0.25) is 5.02 Å². The minimum Gasteiger partial charge on any atom is -0.481 e. The Morgan fingerprint density at radius 3 is 2.29 bits per heavy atom. The molecule has 4 fully saturated rings. The highest BCUT2D eigenvalue weighted by Crippen LogP contribution is 2.77. The van der Waals surface area contributed by atoms with Crippen molar-refractivity contribution in [2.45, 2.75) is 145 Å². The summed E-state index contributed by atoms with van der Waals surface area (Å²) >= 11 is 6.19. The topological polar surface area (TPSA) is 120 Å². The normalized spacial score (nSPS) is 35.5. The minimum atomic E-state index is -1.18. The number of carbonyl (C=O) groups excluding carboxylic acids is 2. The van der Waals surface area contributed by atoms with Crippen LogP contribution in [0.5, 0.6) is 0 Å². The van der Waals surface area contributed by atoms with E-state index in [2.05, 4.69) is 53.5 Å². The second-order valence-electron chi connectivity index (χ2n) is 20.4. The van der Waals surface area contributed by atoms with Gasteiger partial charge in [0.15, 0.2) is 11.6 Å². The second-order valence-corrected chi connectivity index (χ2v) is 20.9. The van der Waals surface area contributed by atoms with Crippen LogP contribution in [0.25, 0.3) is 5.82 Å². The highest BCUT2D eigenvalue weighted by Gasteiger charge is 2.70. The molecular formula is C45H62ClN3O6. The number of Topliss-reactive ketones (excluding diaryl/α,β-unsaturated/α-hetero) is 1. The number of ether oxygens (including phenoxy) is 1. The lowest BCUT2D eigenvalue weighted by molar-refractivity contribution is -0.232. The lowest BCUT2D eigenvalue weighted by Crippen LogP contribution is -2.66. The minimum absolute atomic E-state index is 0.0131. The number of halogens is 1. The Balaban J connectivity index is 1.26. The highest BCUT2D eigenvalue weighted by atomic mass is 35.5. The van der Waals surface area contributed by atoms with Gasteiger partial charge >= 0.3 is 11.9 Å². The van der Waals surface area contributed by atoms with Crippen molar-refractivity contribution < 1.29 is 24.2 Å². The van der Waals surface area contributed by atoms with E-state index in [1.807, 2.05) is 18.7 Å². The zero-order valence-corrected chi connectivity index (χ0v) is 35.7. The summed E-state index contributed by atoms with van der Waals surface area (Å²) in [6.45, 7) is 21.5. The largest absolute Gasteiger partial charge is 0.481 e. The van der Waals surface area contributed by atoms with E-state index in [0.717, 1.165) is 62.6 Å². The van der Waals surface area contributed by atoms with E-state index >= 15 is 0 Å². The van der Waals surface area contributed by atoms with Crippen molar-refractivity contribution in [3.63, 3.8) is 0 Å². The highest BCUT2D eigenvalue weighted by molar-refractivity contribution is 6.30. The number of esters is 1. The van der Waals surface area contributed by atoms with E-state index < -0.39 is 22.8 Å². The van der Waals surface area contributed by atoms with E-state index in [1.165, 1.54) is 5.57 Å². The molecule has 0 aliphatic heterocycles. The maximum atomic E-state index is 14.4. The number of aliphatic carboxylic acids is 1. The predicted molar refractivity (Wildman–Crippen MR) is 213 cm³/mol. The fourth-order valence-electron chi connectivity index (χ4n) is 13.9. The number of hydrogen-bond donors (Lipinski definition) is 1. The Morgan fingerprint density at radius 1 is 0.982 bits per heavy atom. The van der Waals surface area contributed by atoms with Gasteiger partial charge in [0.1, 0.15) is 6.10 Å². The van der Waals surface area contributed by atoms with Crippen molar-refractivity contribution in [1.82, 2.24) is 14.3 Å². The quantitative estimate of drug-likeness (QED) is 0.279.